The topological polar surface area (TPSA) is 81.8 Å². The molecule has 0 aromatic rings. The second kappa shape index (κ2) is 2.30. The monoisotopic (exact) mass is 143 g/mol. The average Bonchev–Trinajstić information content (AvgIpc) is 1.88. The number of aliphatic carboxylic acids is 1. The third-order valence-corrected chi connectivity index (χ3v) is 0.837. The van der Waals surface area contributed by atoms with Gasteiger partial charge in [0.2, 0.25) is 5.88 Å². The minimum atomic E-state index is -1.19. The summed E-state index contributed by atoms with van der Waals surface area (Å²) >= 11 is 0. The van der Waals surface area contributed by atoms with E-state index in [-0.39, 0.29) is 11.6 Å². The number of hydrogen-bond acceptors (Lipinski definition) is 4. The molecule has 3 N–H and O–H groups in total. The van der Waals surface area contributed by atoms with Gasteiger partial charge in [0, 0.05) is 6.08 Å². The van der Waals surface area contributed by atoms with Crippen LogP contribution < -0.4 is 5.73 Å². The first kappa shape index (κ1) is 6.47. The van der Waals surface area contributed by atoms with Crippen molar-refractivity contribution < 1.29 is 19.7 Å². The Kier molecular flexibility index (Phi) is 1.49. The molecule has 0 aliphatic carbocycles. The zero-order chi connectivity index (χ0) is 7.56. The molecule has 0 amide bonds. The van der Waals surface area contributed by atoms with Crippen LogP contribution in [0.15, 0.2) is 23.8 Å². The molecule has 0 radical (unpaired) electrons. The molecule has 0 atom stereocenters. The third-order valence-electron chi connectivity index (χ3n) is 0.837. The summed E-state index contributed by atoms with van der Waals surface area (Å²) in [5.74, 6) is -1.44. The number of carboxylic acids is 1. The SMILES string of the molecule is NC1=CC=C(C(=O)O)OO1. The predicted octanol–water partition coefficient (Wildman–Crippen LogP) is -0.283. The summed E-state index contributed by atoms with van der Waals surface area (Å²) in [5, 5.41) is 8.28. The van der Waals surface area contributed by atoms with Crippen LogP contribution in [0.4, 0.5) is 0 Å². The molecule has 1 aliphatic heterocycles. The first-order chi connectivity index (χ1) is 4.70. The van der Waals surface area contributed by atoms with Crippen molar-refractivity contribution in [1.82, 2.24) is 0 Å². The van der Waals surface area contributed by atoms with Gasteiger partial charge in [-0.1, -0.05) is 0 Å². The highest BCUT2D eigenvalue weighted by atomic mass is 17.2. The van der Waals surface area contributed by atoms with Gasteiger partial charge in [-0.2, -0.15) is 0 Å². The highest BCUT2D eigenvalue weighted by Gasteiger charge is 2.13. The molecule has 1 rings (SSSR count). The van der Waals surface area contributed by atoms with Crippen molar-refractivity contribution in [2.45, 2.75) is 0 Å². The van der Waals surface area contributed by atoms with Crippen LogP contribution in [0.5, 0.6) is 0 Å². The summed E-state index contributed by atoms with van der Waals surface area (Å²) in [4.78, 5) is 18.6. The molecule has 5 heteroatoms. The molecule has 0 fully saturated rings. The Morgan fingerprint density at radius 2 is 2.20 bits per heavy atom. The predicted molar refractivity (Wildman–Crippen MR) is 30.2 cm³/mol. The lowest BCUT2D eigenvalue weighted by atomic mass is 10.4. The molecule has 0 saturated carbocycles. The fourth-order valence-electron chi connectivity index (χ4n) is 0.413. The van der Waals surface area contributed by atoms with Crippen molar-refractivity contribution in [3.63, 3.8) is 0 Å². The average molecular weight is 143 g/mol. The van der Waals surface area contributed by atoms with Crippen molar-refractivity contribution in [2.24, 2.45) is 5.73 Å². The molecule has 1 heterocycles. The van der Waals surface area contributed by atoms with Gasteiger partial charge in [-0.05, 0) is 6.08 Å². The molecular weight excluding hydrogens is 138 g/mol. The largest absolute Gasteiger partial charge is 0.475 e. The van der Waals surface area contributed by atoms with E-state index in [1.807, 2.05) is 0 Å². The van der Waals surface area contributed by atoms with Gasteiger partial charge in [0.25, 0.3) is 5.76 Å². The molecular formula is C5H5NO4. The van der Waals surface area contributed by atoms with Crippen molar-refractivity contribution in [3.8, 4) is 0 Å². The van der Waals surface area contributed by atoms with Crippen LogP contribution in [0.3, 0.4) is 0 Å². The summed E-state index contributed by atoms with van der Waals surface area (Å²) in [5.41, 5.74) is 5.07. The number of hydrogen-bond donors (Lipinski definition) is 2. The lowest BCUT2D eigenvalue weighted by molar-refractivity contribution is -0.234. The first-order valence-electron chi connectivity index (χ1n) is 2.45. The number of rotatable bonds is 1. The molecule has 5 nitrogen and oxygen atoms in total. The summed E-state index contributed by atoms with van der Waals surface area (Å²) in [7, 11) is 0. The Bertz CT molecular complexity index is 218. The highest BCUT2D eigenvalue weighted by Crippen LogP contribution is 2.07. The van der Waals surface area contributed by atoms with Crippen LogP contribution in [-0.4, -0.2) is 11.1 Å². The Morgan fingerprint density at radius 1 is 1.50 bits per heavy atom. The van der Waals surface area contributed by atoms with Crippen molar-refractivity contribution >= 4 is 5.97 Å². The van der Waals surface area contributed by atoms with Crippen LogP contribution in [0.2, 0.25) is 0 Å². The molecule has 1 aliphatic rings. The number of carboxylic acid groups (broad SMARTS) is 1. The fraction of sp³-hybridized carbons (Fsp3) is 0. The zero-order valence-electron chi connectivity index (χ0n) is 4.90. The second-order valence-electron chi connectivity index (χ2n) is 1.57. The summed E-state index contributed by atoms with van der Waals surface area (Å²) in [6, 6.07) is 0. The van der Waals surface area contributed by atoms with E-state index in [2.05, 4.69) is 9.78 Å². The Morgan fingerprint density at radius 3 is 2.60 bits per heavy atom. The standard InChI is InChI=1S/C5H5NO4/c6-4-2-1-3(5(7)8)9-10-4/h1-2H,6H2,(H,7,8). The van der Waals surface area contributed by atoms with Crippen molar-refractivity contribution in [1.29, 1.82) is 0 Å². The third kappa shape index (κ3) is 1.19. The van der Waals surface area contributed by atoms with Crippen molar-refractivity contribution in [2.75, 3.05) is 0 Å². The van der Waals surface area contributed by atoms with E-state index in [9.17, 15) is 4.79 Å². The normalized spacial score (nSPS) is 16.0. The molecule has 0 bridgehead atoms. The molecule has 10 heavy (non-hydrogen) atoms. The smallest absolute Gasteiger partial charge is 0.376 e. The van der Waals surface area contributed by atoms with E-state index >= 15 is 0 Å². The van der Waals surface area contributed by atoms with Gasteiger partial charge in [0.1, 0.15) is 0 Å². The van der Waals surface area contributed by atoms with E-state index < -0.39 is 5.97 Å². The van der Waals surface area contributed by atoms with Gasteiger partial charge in [-0.15, -0.1) is 0 Å². The lowest BCUT2D eigenvalue weighted by Crippen LogP contribution is -2.12. The molecule has 0 saturated heterocycles. The molecule has 0 aromatic carbocycles. The number of nitrogens with two attached hydrogens (primary N) is 1. The summed E-state index contributed by atoms with van der Waals surface area (Å²) in [6.45, 7) is 0. The molecule has 0 unspecified atom stereocenters. The summed E-state index contributed by atoms with van der Waals surface area (Å²) < 4.78 is 0. The summed E-state index contributed by atoms with van der Waals surface area (Å²) in [6.07, 6.45) is 2.51. The van der Waals surface area contributed by atoms with Gasteiger partial charge >= 0.3 is 5.97 Å². The van der Waals surface area contributed by atoms with Crippen LogP contribution in [0.1, 0.15) is 0 Å². The first-order valence-corrected chi connectivity index (χ1v) is 2.45. The minimum Gasteiger partial charge on any atom is -0.475 e. The van der Waals surface area contributed by atoms with Gasteiger partial charge < -0.3 is 10.8 Å². The van der Waals surface area contributed by atoms with Gasteiger partial charge in [0.05, 0.1) is 0 Å². The minimum absolute atomic E-state index is 0.0324. The fourth-order valence-corrected chi connectivity index (χ4v) is 0.413. The second-order valence-corrected chi connectivity index (χ2v) is 1.57. The molecule has 0 spiro atoms. The van der Waals surface area contributed by atoms with Crippen LogP contribution >= 0.6 is 0 Å². The molecule has 0 aromatic heterocycles. The van der Waals surface area contributed by atoms with Crippen LogP contribution in [0, 0.1) is 0 Å². The Labute approximate surface area is 56.3 Å². The Hall–Kier alpha value is -1.65. The van der Waals surface area contributed by atoms with E-state index in [4.69, 9.17) is 10.8 Å². The van der Waals surface area contributed by atoms with E-state index in [0.29, 0.717) is 0 Å². The van der Waals surface area contributed by atoms with Crippen LogP contribution in [-0.2, 0) is 14.6 Å². The lowest BCUT2D eigenvalue weighted by Gasteiger charge is -2.07. The van der Waals surface area contributed by atoms with E-state index in [1.165, 1.54) is 12.2 Å². The maximum absolute atomic E-state index is 10.1. The quantitative estimate of drug-likeness (QED) is 0.493. The number of carbonyl (C=O) groups is 1. The maximum Gasteiger partial charge on any atom is 0.376 e. The highest BCUT2D eigenvalue weighted by molar-refractivity contribution is 5.84. The maximum atomic E-state index is 10.1. The van der Waals surface area contributed by atoms with Crippen LogP contribution in [0.25, 0.3) is 0 Å². The Balaban J connectivity index is 2.74. The van der Waals surface area contributed by atoms with Gasteiger partial charge in [-0.25, -0.2) is 4.79 Å². The number of allylic oxidation sites excluding steroid dienone is 2. The zero-order valence-corrected chi connectivity index (χ0v) is 4.90. The van der Waals surface area contributed by atoms with Gasteiger partial charge in [0.15, 0.2) is 0 Å². The molecule has 54 valence electrons. The van der Waals surface area contributed by atoms with Gasteiger partial charge in [-0.3, -0.25) is 9.78 Å². The van der Waals surface area contributed by atoms with E-state index in [0.717, 1.165) is 0 Å². The van der Waals surface area contributed by atoms with Crippen molar-refractivity contribution in [3.05, 3.63) is 23.8 Å². The van der Waals surface area contributed by atoms with E-state index in [1.54, 1.807) is 0 Å².